The number of likely N-dealkylation sites (N-methyl/N-ethyl adjacent to an activating group) is 1. The minimum absolute atomic E-state index is 0.499. The Morgan fingerprint density at radius 2 is 2.18 bits per heavy atom. The van der Waals surface area contributed by atoms with Crippen LogP contribution in [0.4, 0.5) is 0 Å². The molecule has 1 unspecified atom stereocenters. The summed E-state index contributed by atoms with van der Waals surface area (Å²) in [7, 11) is 1.98. The lowest BCUT2D eigenvalue weighted by Crippen LogP contribution is -2.23. The maximum atomic E-state index is 5.99. The monoisotopic (exact) mass is 317 g/mol. The summed E-state index contributed by atoms with van der Waals surface area (Å²) in [5, 5.41) is 3.97. The maximum absolute atomic E-state index is 5.99. The fourth-order valence-electron chi connectivity index (χ4n) is 2.79. The largest absolute Gasteiger partial charge is 0.493 e. The van der Waals surface area contributed by atoms with Crippen LogP contribution in [0.3, 0.4) is 0 Å². The fraction of sp³-hybridized carbons (Fsp3) is 0.333. The molecule has 0 fully saturated rings. The molecule has 0 saturated carbocycles. The Morgan fingerprint density at radius 3 is 3.00 bits per heavy atom. The lowest BCUT2D eigenvalue weighted by molar-refractivity contribution is 0.260. The van der Waals surface area contributed by atoms with Gasteiger partial charge in [0.15, 0.2) is 0 Å². The van der Waals surface area contributed by atoms with Crippen molar-refractivity contribution in [1.29, 1.82) is 0 Å². The van der Waals surface area contributed by atoms with Crippen molar-refractivity contribution in [3.05, 3.63) is 58.6 Å². The van der Waals surface area contributed by atoms with E-state index in [1.807, 2.05) is 43.4 Å². The highest BCUT2D eigenvalue weighted by atomic mass is 35.5. The predicted octanol–water partition coefficient (Wildman–Crippen LogP) is 4.00. The standard InChI is InChI=1S/C18H20ClNO2/c1-20-11-14-7-8-21-18-10-16(5-6-17(14)18)22-12-13-3-2-4-15(19)9-13/h2-6,9-10,14,20H,7-8,11-12H2,1H3. The molecule has 0 aromatic heterocycles. The van der Waals surface area contributed by atoms with E-state index in [4.69, 9.17) is 21.1 Å². The first-order chi connectivity index (χ1) is 10.8. The minimum Gasteiger partial charge on any atom is -0.493 e. The first kappa shape index (κ1) is 15.2. The molecule has 116 valence electrons. The lowest BCUT2D eigenvalue weighted by atomic mass is 9.93. The molecule has 1 aliphatic rings. The molecule has 0 aliphatic carbocycles. The van der Waals surface area contributed by atoms with Gasteiger partial charge in [0, 0.05) is 23.6 Å². The van der Waals surface area contributed by atoms with Gasteiger partial charge in [-0.15, -0.1) is 0 Å². The van der Waals surface area contributed by atoms with Crippen molar-refractivity contribution in [1.82, 2.24) is 5.32 Å². The zero-order valence-corrected chi connectivity index (χ0v) is 13.4. The van der Waals surface area contributed by atoms with E-state index in [0.717, 1.165) is 41.7 Å². The molecule has 2 aromatic rings. The van der Waals surface area contributed by atoms with Crippen LogP contribution in [0.5, 0.6) is 11.5 Å². The molecule has 1 N–H and O–H groups in total. The number of hydrogen-bond donors (Lipinski definition) is 1. The van der Waals surface area contributed by atoms with Gasteiger partial charge in [-0.1, -0.05) is 29.8 Å². The van der Waals surface area contributed by atoms with Gasteiger partial charge in [0.25, 0.3) is 0 Å². The molecule has 0 saturated heterocycles. The number of hydrogen-bond acceptors (Lipinski definition) is 3. The Hall–Kier alpha value is -1.71. The SMILES string of the molecule is CNCC1CCOc2cc(OCc3cccc(Cl)c3)ccc21. The zero-order chi connectivity index (χ0) is 15.4. The molecule has 1 atom stereocenters. The van der Waals surface area contributed by atoms with Crippen molar-refractivity contribution >= 4 is 11.6 Å². The third-order valence-corrected chi connectivity index (χ3v) is 4.13. The van der Waals surface area contributed by atoms with Gasteiger partial charge in [-0.2, -0.15) is 0 Å². The highest BCUT2D eigenvalue weighted by molar-refractivity contribution is 6.30. The summed E-state index contributed by atoms with van der Waals surface area (Å²) in [6.07, 6.45) is 1.05. The number of benzene rings is 2. The molecule has 3 nitrogen and oxygen atoms in total. The second-order valence-corrected chi connectivity index (χ2v) is 5.95. The molecular weight excluding hydrogens is 298 g/mol. The molecule has 3 rings (SSSR count). The number of nitrogens with one attached hydrogen (secondary N) is 1. The van der Waals surface area contributed by atoms with E-state index in [1.165, 1.54) is 5.56 Å². The maximum Gasteiger partial charge on any atom is 0.126 e. The van der Waals surface area contributed by atoms with E-state index < -0.39 is 0 Å². The lowest BCUT2D eigenvalue weighted by Gasteiger charge is -2.26. The number of rotatable bonds is 5. The van der Waals surface area contributed by atoms with Gasteiger partial charge in [0.1, 0.15) is 18.1 Å². The Bertz CT molecular complexity index is 645. The zero-order valence-electron chi connectivity index (χ0n) is 12.6. The number of fused-ring (bicyclic) bond motifs is 1. The Balaban J connectivity index is 1.71. The van der Waals surface area contributed by atoms with E-state index in [9.17, 15) is 0 Å². The molecule has 22 heavy (non-hydrogen) atoms. The van der Waals surface area contributed by atoms with Gasteiger partial charge in [-0.25, -0.2) is 0 Å². The smallest absolute Gasteiger partial charge is 0.126 e. The second kappa shape index (κ2) is 7.03. The van der Waals surface area contributed by atoms with Crippen LogP contribution >= 0.6 is 11.6 Å². The Morgan fingerprint density at radius 1 is 1.27 bits per heavy atom. The van der Waals surface area contributed by atoms with Crippen LogP contribution < -0.4 is 14.8 Å². The Kier molecular flexibility index (Phi) is 4.86. The van der Waals surface area contributed by atoms with Crippen LogP contribution in [0.2, 0.25) is 5.02 Å². The summed E-state index contributed by atoms with van der Waals surface area (Å²) in [5.74, 6) is 2.27. The van der Waals surface area contributed by atoms with Crippen molar-refractivity contribution in [2.24, 2.45) is 0 Å². The summed E-state index contributed by atoms with van der Waals surface area (Å²) in [4.78, 5) is 0. The van der Waals surface area contributed by atoms with Gasteiger partial charge in [0.05, 0.1) is 6.61 Å². The van der Waals surface area contributed by atoms with Crippen LogP contribution in [-0.4, -0.2) is 20.2 Å². The van der Waals surface area contributed by atoms with Crippen LogP contribution in [-0.2, 0) is 6.61 Å². The average molecular weight is 318 g/mol. The first-order valence-corrected chi connectivity index (χ1v) is 7.92. The van der Waals surface area contributed by atoms with Gasteiger partial charge in [-0.05, 0) is 42.8 Å². The third-order valence-electron chi connectivity index (χ3n) is 3.89. The fourth-order valence-corrected chi connectivity index (χ4v) is 3.00. The second-order valence-electron chi connectivity index (χ2n) is 5.51. The topological polar surface area (TPSA) is 30.5 Å². The van der Waals surface area contributed by atoms with Crippen molar-refractivity contribution in [3.63, 3.8) is 0 Å². The minimum atomic E-state index is 0.499. The number of ether oxygens (including phenoxy) is 2. The summed E-state index contributed by atoms with van der Waals surface area (Å²) in [6, 6.07) is 13.8. The van der Waals surface area contributed by atoms with E-state index >= 15 is 0 Å². The molecule has 2 aromatic carbocycles. The predicted molar refractivity (Wildman–Crippen MR) is 89.0 cm³/mol. The molecule has 4 heteroatoms. The molecule has 1 heterocycles. The van der Waals surface area contributed by atoms with Gasteiger partial charge in [-0.3, -0.25) is 0 Å². The number of halogens is 1. The van der Waals surface area contributed by atoms with Crippen molar-refractivity contribution in [3.8, 4) is 11.5 Å². The van der Waals surface area contributed by atoms with Crippen molar-refractivity contribution in [2.75, 3.05) is 20.2 Å². The van der Waals surface area contributed by atoms with Gasteiger partial charge >= 0.3 is 0 Å². The molecule has 0 bridgehead atoms. The molecule has 0 spiro atoms. The summed E-state index contributed by atoms with van der Waals surface area (Å²) >= 11 is 5.99. The summed E-state index contributed by atoms with van der Waals surface area (Å²) < 4.78 is 11.6. The highest BCUT2D eigenvalue weighted by Gasteiger charge is 2.21. The van der Waals surface area contributed by atoms with Crippen LogP contribution in [0.25, 0.3) is 0 Å². The Labute approximate surface area is 136 Å². The highest BCUT2D eigenvalue weighted by Crippen LogP contribution is 2.36. The van der Waals surface area contributed by atoms with E-state index in [0.29, 0.717) is 12.5 Å². The summed E-state index contributed by atoms with van der Waals surface area (Å²) in [6.45, 7) is 2.23. The quantitative estimate of drug-likeness (QED) is 0.904. The van der Waals surface area contributed by atoms with Crippen molar-refractivity contribution in [2.45, 2.75) is 18.9 Å². The normalized spacial score (nSPS) is 16.7. The third kappa shape index (κ3) is 3.54. The average Bonchev–Trinajstić information content (AvgIpc) is 2.53. The summed E-state index contributed by atoms with van der Waals surface area (Å²) in [5.41, 5.74) is 2.31. The van der Waals surface area contributed by atoms with E-state index in [2.05, 4.69) is 11.4 Å². The van der Waals surface area contributed by atoms with Crippen LogP contribution in [0.1, 0.15) is 23.5 Å². The molecule has 0 amide bonds. The van der Waals surface area contributed by atoms with Gasteiger partial charge < -0.3 is 14.8 Å². The molecule has 1 aliphatic heterocycles. The van der Waals surface area contributed by atoms with E-state index in [-0.39, 0.29) is 0 Å². The van der Waals surface area contributed by atoms with Gasteiger partial charge in [0.2, 0.25) is 0 Å². The van der Waals surface area contributed by atoms with Crippen LogP contribution in [0.15, 0.2) is 42.5 Å². The van der Waals surface area contributed by atoms with Crippen molar-refractivity contribution < 1.29 is 9.47 Å². The molecular formula is C18H20ClNO2. The first-order valence-electron chi connectivity index (χ1n) is 7.55. The van der Waals surface area contributed by atoms with Crippen LogP contribution in [0, 0.1) is 0 Å². The van der Waals surface area contributed by atoms with E-state index in [1.54, 1.807) is 0 Å². The molecule has 0 radical (unpaired) electrons.